The van der Waals surface area contributed by atoms with E-state index in [1.807, 2.05) is 24.3 Å². The summed E-state index contributed by atoms with van der Waals surface area (Å²) in [5.41, 5.74) is 9.16. The Morgan fingerprint density at radius 1 is 1.52 bits per heavy atom. The Morgan fingerprint density at radius 2 is 2.33 bits per heavy atom. The monoisotopic (exact) mass is 289 g/mol. The van der Waals surface area contributed by atoms with E-state index < -0.39 is 0 Å². The van der Waals surface area contributed by atoms with Gasteiger partial charge in [-0.2, -0.15) is 0 Å². The summed E-state index contributed by atoms with van der Waals surface area (Å²) in [4.78, 5) is 14.6. The highest BCUT2D eigenvalue weighted by atomic mass is 16.5. The number of benzene rings is 1. The maximum atomic E-state index is 11.8. The van der Waals surface area contributed by atoms with Crippen LogP contribution in [0.4, 0.5) is 5.69 Å². The average molecular weight is 289 g/mol. The van der Waals surface area contributed by atoms with Gasteiger partial charge in [-0.3, -0.25) is 4.79 Å². The van der Waals surface area contributed by atoms with Crippen molar-refractivity contribution in [1.29, 1.82) is 0 Å². The van der Waals surface area contributed by atoms with E-state index in [2.05, 4.69) is 20.7 Å². The van der Waals surface area contributed by atoms with Crippen molar-refractivity contribution in [2.24, 2.45) is 10.5 Å². The first-order chi connectivity index (χ1) is 10.2. The second-order valence-electron chi connectivity index (χ2n) is 5.25. The van der Waals surface area contributed by atoms with E-state index in [0.29, 0.717) is 13.1 Å². The van der Waals surface area contributed by atoms with Gasteiger partial charge in [0.15, 0.2) is 0 Å². The molecule has 1 aliphatic rings. The molecular formula is C14H19N5O2. The highest BCUT2D eigenvalue weighted by Crippen LogP contribution is 2.45. The highest BCUT2D eigenvalue weighted by Gasteiger charge is 2.41. The first kappa shape index (κ1) is 15.0. The van der Waals surface area contributed by atoms with Crippen LogP contribution in [0.2, 0.25) is 0 Å². The topological polar surface area (TPSA) is 99.1 Å². The Morgan fingerprint density at radius 3 is 3.00 bits per heavy atom. The van der Waals surface area contributed by atoms with Crippen molar-refractivity contribution in [3.63, 3.8) is 0 Å². The lowest BCUT2D eigenvalue weighted by atomic mass is 10.1. The number of rotatable bonds is 8. The molecule has 0 atom stereocenters. The van der Waals surface area contributed by atoms with Crippen molar-refractivity contribution in [1.82, 2.24) is 5.32 Å². The van der Waals surface area contributed by atoms with Crippen molar-refractivity contribution in [2.75, 3.05) is 32.1 Å². The molecule has 1 aromatic carbocycles. The van der Waals surface area contributed by atoms with Gasteiger partial charge in [0, 0.05) is 29.8 Å². The summed E-state index contributed by atoms with van der Waals surface area (Å²) in [6.07, 6.45) is 1.99. The SMILES string of the molecule is COc1cccc(NCC(=O)NCC2(CN=[N+]=[N-])CC2)c1. The number of amides is 1. The average Bonchev–Trinajstić information content (AvgIpc) is 3.29. The predicted octanol–water partition coefficient (Wildman–Crippen LogP) is 2.31. The molecular weight excluding hydrogens is 270 g/mol. The second-order valence-corrected chi connectivity index (χ2v) is 5.25. The zero-order chi connectivity index (χ0) is 15.1. The van der Waals surface area contributed by atoms with Crippen LogP contribution in [0, 0.1) is 5.41 Å². The van der Waals surface area contributed by atoms with Gasteiger partial charge in [0.1, 0.15) is 5.75 Å². The van der Waals surface area contributed by atoms with Crippen molar-refractivity contribution in [3.05, 3.63) is 34.7 Å². The van der Waals surface area contributed by atoms with E-state index in [1.165, 1.54) is 0 Å². The summed E-state index contributed by atoms with van der Waals surface area (Å²) in [7, 11) is 1.60. The minimum Gasteiger partial charge on any atom is -0.497 e. The molecule has 1 aromatic rings. The molecule has 1 aliphatic carbocycles. The summed E-state index contributed by atoms with van der Waals surface area (Å²) in [6.45, 7) is 1.21. The van der Waals surface area contributed by atoms with Crippen LogP contribution in [0.15, 0.2) is 29.4 Å². The fourth-order valence-corrected chi connectivity index (χ4v) is 2.01. The molecule has 0 unspecified atom stereocenters. The smallest absolute Gasteiger partial charge is 0.239 e. The van der Waals surface area contributed by atoms with Gasteiger partial charge in [-0.25, -0.2) is 0 Å². The normalized spacial score (nSPS) is 14.7. The zero-order valence-corrected chi connectivity index (χ0v) is 12.0. The molecule has 0 saturated heterocycles. The molecule has 2 rings (SSSR count). The molecule has 1 fully saturated rings. The van der Waals surface area contributed by atoms with Crippen LogP contribution in [0.1, 0.15) is 12.8 Å². The summed E-state index contributed by atoms with van der Waals surface area (Å²) >= 11 is 0. The molecule has 7 heteroatoms. The third kappa shape index (κ3) is 4.57. The lowest BCUT2D eigenvalue weighted by Gasteiger charge is -2.14. The number of nitrogens with zero attached hydrogens (tertiary/aromatic N) is 3. The molecule has 1 saturated carbocycles. The minimum atomic E-state index is -0.0787. The van der Waals surface area contributed by atoms with Crippen molar-refractivity contribution in [2.45, 2.75) is 12.8 Å². The standard InChI is InChI=1S/C14H19N5O2/c1-21-12-4-2-3-11(7-12)16-8-13(20)17-9-14(5-6-14)10-18-19-15/h2-4,7,16H,5-6,8-10H2,1H3,(H,17,20). The van der Waals surface area contributed by atoms with Crippen molar-refractivity contribution >= 4 is 11.6 Å². The Bertz CT molecular complexity index is 550. The van der Waals surface area contributed by atoms with Crippen molar-refractivity contribution in [3.8, 4) is 5.75 Å². The molecule has 0 aromatic heterocycles. The first-order valence-electron chi connectivity index (χ1n) is 6.83. The lowest BCUT2D eigenvalue weighted by Crippen LogP contribution is -2.35. The molecule has 21 heavy (non-hydrogen) atoms. The van der Waals surface area contributed by atoms with Gasteiger partial charge in [0.25, 0.3) is 0 Å². The predicted molar refractivity (Wildman–Crippen MR) is 80.2 cm³/mol. The van der Waals surface area contributed by atoms with Crippen LogP contribution >= 0.6 is 0 Å². The van der Waals surface area contributed by atoms with E-state index in [4.69, 9.17) is 10.3 Å². The van der Waals surface area contributed by atoms with Gasteiger partial charge < -0.3 is 15.4 Å². The molecule has 0 spiro atoms. The van der Waals surface area contributed by atoms with E-state index in [9.17, 15) is 4.79 Å². The number of methoxy groups -OCH3 is 1. The molecule has 1 amide bonds. The number of hydrogen-bond donors (Lipinski definition) is 2. The number of ether oxygens (including phenoxy) is 1. The van der Waals surface area contributed by atoms with Gasteiger partial charge in [0.2, 0.25) is 5.91 Å². The van der Waals surface area contributed by atoms with E-state index in [0.717, 1.165) is 24.3 Å². The van der Waals surface area contributed by atoms with E-state index in [1.54, 1.807) is 7.11 Å². The lowest BCUT2D eigenvalue weighted by molar-refractivity contribution is -0.119. The van der Waals surface area contributed by atoms with E-state index >= 15 is 0 Å². The number of nitrogens with one attached hydrogen (secondary N) is 2. The Balaban J connectivity index is 1.73. The van der Waals surface area contributed by atoms with E-state index in [-0.39, 0.29) is 17.9 Å². The number of carbonyl (C=O) groups is 1. The Kier molecular flexibility index (Phi) is 4.90. The molecule has 7 nitrogen and oxygen atoms in total. The summed E-state index contributed by atoms with van der Waals surface area (Å²) in [5, 5.41) is 9.52. The van der Waals surface area contributed by atoms with Crippen LogP contribution in [0.5, 0.6) is 5.75 Å². The quantitative estimate of drug-likeness (QED) is 0.436. The van der Waals surface area contributed by atoms with Crippen LogP contribution in [0.3, 0.4) is 0 Å². The molecule has 0 bridgehead atoms. The third-order valence-electron chi connectivity index (χ3n) is 3.61. The summed E-state index contributed by atoms with van der Waals surface area (Å²) < 4.78 is 5.12. The van der Waals surface area contributed by atoms with Gasteiger partial charge in [-0.05, 0) is 35.9 Å². The van der Waals surface area contributed by atoms with Crippen LogP contribution in [-0.2, 0) is 4.79 Å². The number of azide groups is 1. The Hall–Kier alpha value is -2.40. The van der Waals surface area contributed by atoms with Gasteiger partial charge in [-0.15, -0.1) is 0 Å². The molecule has 112 valence electrons. The third-order valence-corrected chi connectivity index (χ3v) is 3.61. The van der Waals surface area contributed by atoms with Crippen LogP contribution < -0.4 is 15.4 Å². The van der Waals surface area contributed by atoms with Crippen LogP contribution in [0.25, 0.3) is 10.4 Å². The highest BCUT2D eigenvalue weighted by molar-refractivity contribution is 5.80. The zero-order valence-electron chi connectivity index (χ0n) is 12.0. The number of hydrogen-bond acceptors (Lipinski definition) is 4. The first-order valence-corrected chi connectivity index (χ1v) is 6.83. The molecule has 0 radical (unpaired) electrons. The fraction of sp³-hybridized carbons (Fsp3) is 0.500. The largest absolute Gasteiger partial charge is 0.497 e. The van der Waals surface area contributed by atoms with Gasteiger partial charge in [-0.1, -0.05) is 11.2 Å². The summed E-state index contributed by atoms with van der Waals surface area (Å²) in [5.74, 6) is 0.664. The van der Waals surface area contributed by atoms with Crippen LogP contribution in [-0.4, -0.2) is 32.7 Å². The molecule has 0 heterocycles. The summed E-state index contributed by atoms with van der Waals surface area (Å²) in [6, 6.07) is 7.41. The second kappa shape index (κ2) is 6.85. The number of carbonyl (C=O) groups excluding carboxylic acids is 1. The maximum Gasteiger partial charge on any atom is 0.239 e. The molecule has 0 aliphatic heterocycles. The van der Waals surface area contributed by atoms with Crippen molar-refractivity contribution < 1.29 is 9.53 Å². The molecule has 2 N–H and O–H groups in total. The maximum absolute atomic E-state index is 11.8. The fourth-order valence-electron chi connectivity index (χ4n) is 2.01. The minimum absolute atomic E-state index is 0.0160. The number of anilines is 1. The van der Waals surface area contributed by atoms with Gasteiger partial charge >= 0.3 is 0 Å². The van der Waals surface area contributed by atoms with Gasteiger partial charge in [0.05, 0.1) is 13.7 Å². The Labute approximate surface area is 123 Å².